The fourth-order valence-corrected chi connectivity index (χ4v) is 2.61. The molecule has 0 saturated carbocycles. The van der Waals surface area contributed by atoms with E-state index in [4.69, 9.17) is 5.73 Å². The molecule has 1 aliphatic heterocycles. The normalized spacial score (nSPS) is 44.8. The lowest BCUT2D eigenvalue weighted by Gasteiger charge is -2.30. The van der Waals surface area contributed by atoms with Crippen LogP contribution in [0.1, 0.15) is 33.6 Å². The average molecular weight is 199 g/mol. The van der Waals surface area contributed by atoms with E-state index >= 15 is 0 Å². The average Bonchev–Trinajstić information content (AvgIpc) is 2.24. The van der Waals surface area contributed by atoms with E-state index in [-0.39, 0.29) is 5.54 Å². The lowest BCUT2D eigenvalue weighted by Crippen LogP contribution is -2.48. The summed E-state index contributed by atoms with van der Waals surface area (Å²) < 4.78 is 0. The number of hydrogen-bond acceptors (Lipinski definition) is 3. The first-order valence-electron chi connectivity index (χ1n) is 5.69. The number of nitrogens with two attached hydrogens (primary N) is 1. The quantitative estimate of drug-likeness (QED) is 0.613. The summed E-state index contributed by atoms with van der Waals surface area (Å²) in [6.45, 7) is 7.56. The van der Waals surface area contributed by atoms with E-state index in [1.54, 1.807) is 0 Å². The maximum atomic E-state index is 6.23. The second-order valence-corrected chi connectivity index (χ2v) is 5.01. The summed E-state index contributed by atoms with van der Waals surface area (Å²) in [5.41, 5.74) is 6.18. The molecule has 1 rings (SSSR count). The molecule has 0 aromatic rings. The molecule has 0 aromatic heterocycles. The lowest BCUT2D eigenvalue weighted by atomic mass is 9.84. The van der Waals surface area contributed by atoms with Crippen LogP contribution < -0.4 is 16.4 Å². The maximum Gasteiger partial charge on any atom is 0.0255 e. The van der Waals surface area contributed by atoms with Crippen LogP contribution in [-0.2, 0) is 0 Å². The monoisotopic (exact) mass is 199 g/mol. The van der Waals surface area contributed by atoms with Crippen LogP contribution >= 0.6 is 0 Å². The molecule has 1 aliphatic rings. The highest BCUT2D eigenvalue weighted by Crippen LogP contribution is 2.25. The molecule has 0 radical (unpaired) electrons. The first-order chi connectivity index (χ1) is 6.50. The van der Waals surface area contributed by atoms with Gasteiger partial charge in [-0.2, -0.15) is 0 Å². The molecule has 0 aliphatic carbocycles. The first-order valence-corrected chi connectivity index (χ1v) is 5.69. The SMILES string of the molecule is CCC1CC(C)(N)CNC(C)C1NC. The van der Waals surface area contributed by atoms with E-state index in [0.717, 1.165) is 13.0 Å². The van der Waals surface area contributed by atoms with Crippen molar-refractivity contribution in [3.63, 3.8) is 0 Å². The Labute approximate surface area is 87.8 Å². The van der Waals surface area contributed by atoms with Gasteiger partial charge < -0.3 is 16.4 Å². The molecular weight excluding hydrogens is 174 g/mol. The minimum atomic E-state index is -0.0550. The Balaban J connectivity index is 2.75. The van der Waals surface area contributed by atoms with Crippen LogP contribution in [0.25, 0.3) is 0 Å². The van der Waals surface area contributed by atoms with Crippen molar-refractivity contribution < 1.29 is 0 Å². The third-order valence-electron chi connectivity index (χ3n) is 3.46. The van der Waals surface area contributed by atoms with Gasteiger partial charge in [0, 0.05) is 24.2 Å². The molecule has 1 heterocycles. The largest absolute Gasteiger partial charge is 0.324 e. The Hall–Kier alpha value is -0.120. The van der Waals surface area contributed by atoms with Gasteiger partial charge in [-0.3, -0.25) is 0 Å². The van der Waals surface area contributed by atoms with E-state index in [1.165, 1.54) is 6.42 Å². The van der Waals surface area contributed by atoms with Gasteiger partial charge in [-0.15, -0.1) is 0 Å². The number of rotatable bonds is 2. The van der Waals surface area contributed by atoms with Crippen molar-refractivity contribution in [3.05, 3.63) is 0 Å². The zero-order chi connectivity index (χ0) is 10.8. The van der Waals surface area contributed by atoms with Crippen LogP contribution in [0.4, 0.5) is 0 Å². The van der Waals surface area contributed by atoms with E-state index in [0.29, 0.717) is 18.0 Å². The van der Waals surface area contributed by atoms with Crippen molar-refractivity contribution in [1.29, 1.82) is 0 Å². The molecule has 1 fully saturated rings. The predicted octanol–water partition coefficient (Wildman–Crippen LogP) is 0.700. The Kier molecular flexibility index (Phi) is 3.93. The van der Waals surface area contributed by atoms with Gasteiger partial charge in [-0.25, -0.2) is 0 Å². The molecule has 1 saturated heterocycles. The van der Waals surface area contributed by atoms with E-state index in [2.05, 4.69) is 31.4 Å². The smallest absolute Gasteiger partial charge is 0.0255 e. The van der Waals surface area contributed by atoms with Gasteiger partial charge in [0.1, 0.15) is 0 Å². The molecule has 14 heavy (non-hydrogen) atoms. The van der Waals surface area contributed by atoms with Crippen LogP contribution in [0.5, 0.6) is 0 Å². The van der Waals surface area contributed by atoms with Crippen LogP contribution in [0.3, 0.4) is 0 Å². The van der Waals surface area contributed by atoms with Crippen molar-refractivity contribution in [2.45, 2.75) is 51.2 Å². The van der Waals surface area contributed by atoms with Crippen molar-refractivity contribution in [3.8, 4) is 0 Å². The third-order valence-corrected chi connectivity index (χ3v) is 3.46. The van der Waals surface area contributed by atoms with Gasteiger partial charge in [0.15, 0.2) is 0 Å². The molecule has 4 N–H and O–H groups in total. The van der Waals surface area contributed by atoms with Crippen molar-refractivity contribution in [2.75, 3.05) is 13.6 Å². The summed E-state index contributed by atoms with van der Waals surface area (Å²) in [5, 5.41) is 6.93. The number of likely N-dealkylation sites (N-methyl/N-ethyl adjacent to an activating group) is 1. The number of hydrogen-bond donors (Lipinski definition) is 3. The van der Waals surface area contributed by atoms with E-state index < -0.39 is 0 Å². The highest BCUT2D eigenvalue weighted by molar-refractivity contribution is 4.96. The molecule has 84 valence electrons. The number of nitrogens with one attached hydrogen (secondary N) is 2. The lowest BCUT2D eigenvalue weighted by molar-refractivity contribution is 0.287. The topological polar surface area (TPSA) is 50.1 Å². The zero-order valence-electron chi connectivity index (χ0n) is 9.93. The van der Waals surface area contributed by atoms with E-state index in [1.807, 2.05) is 7.05 Å². The standard InChI is InChI=1S/C11H25N3/c1-5-9-6-11(3,12)7-14-8(2)10(9)13-4/h8-10,13-14H,5-7,12H2,1-4H3. The van der Waals surface area contributed by atoms with Gasteiger partial charge in [-0.05, 0) is 33.2 Å². The summed E-state index contributed by atoms with van der Waals surface area (Å²) in [7, 11) is 2.05. The zero-order valence-corrected chi connectivity index (χ0v) is 9.93. The second-order valence-electron chi connectivity index (χ2n) is 5.01. The Morgan fingerprint density at radius 2 is 2.21 bits per heavy atom. The predicted molar refractivity (Wildman–Crippen MR) is 61.3 cm³/mol. The van der Waals surface area contributed by atoms with Gasteiger partial charge in [0.05, 0.1) is 0 Å². The Bertz CT molecular complexity index is 179. The van der Waals surface area contributed by atoms with Crippen LogP contribution in [0, 0.1) is 5.92 Å². The van der Waals surface area contributed by atoms with E-state index in [9.17, 15) is 0 Å². The second kappa shape index (κ2) is 4.60. The van der Waals surface area contributed by atoms with Crippen molar-refractivity contribution in [1.82, 2.24) is 10.6 Å². The molecule has 4 atom stereocenters. The molecular formula is C11H25N3. The van der Waals surface area contributed by atoms with Crippen molar-refractivity contribution >= 4 is 0 Å². The van der Waals surface area contributed by atoms with Crippen LogP contribution in [0.15, 0.2) is 0 Å². The van der Waals surface area contributed by atoms with Gasteiger partial charge in [0.25, 0.3) is 0 Å². The van der Waals surface area contributed by atoms with Crippen LogP contribution in [0.2, 0.25) is 0 Å². The molecule has 3 heteroatoms. The summed E-state index contributed by atoms with van der Waals surface area (Å²) in [5.74, 6) is 0.681. The van der Waals surface area contributed by atoms with Crippen molar-refractivity contribution in [2.24, 2.45) is 11.7 Å². The summed E-state index contributed by atoms with van der Waals surface area (Å²) in [6, 6.07) is 1.06. The summed E-state index contributed by atoms with van der Waals surface area (Å²) in [6.07, 6.45) is 2.30. The fraction of sp³-hybridized carbons (Fsp3) is 1.00. The van der Waals surface area contributed by atoms with Crippen LogP contribution in [-0.4, -0.2) is 31.2 Å². The molecule has 0 amide bonds. The minimum Gasteiger partial charge on any atom is -0.324 e. The first kappa shape index (κ1) is 12.0. The maximum absolute atomic E-state index is 6.23. The highest BCUT2D eigenvalue weighted by Gasteiger charge is 2.34. The van der Waals surface area contributed by atoms with Gasteiger partial charge >= 0.3 is 0 Å². The van der Waals surface area contributed by atoms with Gasteiger partial charge in [-0.1, -0.05) is 13.3 Å². The summed E-state index contributed by atoms with van der Waals surface area (Å²) >= 11 is 0. The van der Waals surface area contributed by atoms with Gasteiger partial charge in [0.2, 0.25) is 0 Å². The minimum absolute atomic E-state index is 0.0550. The molecule has 0 bridgehead atoms. The molecule has 3 nitrogen and oxygen atoms in total. The highest BCUT2D eigenvalue weighted by atomic mass is 15.0. The molecule has 0 spiro atoms. The molecule has 4 unspecified atom stereocenters. The Morgan fingerprint density at radius 1 is 1.57 bits per heavy atom. The Morgan fingerprint density at radius 3 is 2.71 bits per heavy atom. The molecule has 0 aromatic carbocycles. The third kappa shape index (κ3) is 2.69. The summed E-state index contributed by atoms with van der Waals surface area (Å²) in [4.78, 5) is 0. The fourth-order valence-electron chi connectivity index (χ4n) is 2.61.